The Labute approximate surface area is 132 Å². The number of aromatic carboxylic acids is 1. The Balaban J connectivity index is 2.23. The molecular formula is C14H8BrClF2O3. The van der Waals surface area contributed by atoms with Gasteiger partial charge in [0.2, 0.25) is 0 Å². The lowest BCUT2D eigenvalue weighted by atomic mass is 10.1. The van der Waals surface area contributed by atoms with Crippen molar-refractivity contribution in [1.29, 1.82) is 0 Å². The van der Waals surface area contributed by atoms with E-state index in [9.17, 15) is 13.6 Å². The predicted octanol–water partition coefficient (Wildman–Crippen LogP) is 4.66. The lowest BCUT2D eigenvalue weighted by Gasteiger charge is -2.10. The molecule has 0 aliphatic heterocycles. The van der Waals surface area contributed by atoms with Crippen molar-refractivity contribution in [2.24, 2.45) is 0 Å². The number of rotatable bonds is 4. The van der Waals surface area contributed by atoms with Gasteiger partial charge in [0, 0.05) is 11.6 Å². The molecule has 0 saturated heterocycles. The average molecular weight is 378 g/mol. The molecule has 0 radical (unpaired) electrons. The Morgan fingerprint density at radius 1 is 1.33 bits per heavy atom. The predicted molar refractivity (Wildman–Crippen MR) is 76.8 cm³/mol. The lowest BCUT2D eigenvalue weighted by Crippen LogP contribution is -2.06. The van der Waals surface area contributed by atoms with Crippen LogP contribution in [0.25, 0.3) is 0 Å². The highest BCUT2D eigenvalue weighted by atomic mass is 79.9. The first-order chi connectivity index (χ1) is 9.90. The van der Waals surface area contributed by atoms with Gasteiger partial charge in [-0.3, -0.25) is 0 Å². The van der Waals surface area contributed by atoms with Gasteiger partial charge in [-0.1, -0.05) is 23.7 Å². The molecular weight excluding hydrogens is 370 g/mol. The normalized spacial score (nSPS) is 10.5. The summed E-state index contributed by atoms with van der Waals surface area (Å²) in [5, 5.41) is 8.76. The molecule has 0 aliphatic rings. The van der Waals surface area contributed by atoms with Crippen molar-refractivity contribution >= 4 is 33.5 Å². The van der Waals surface area contributed by atoms with E-state index < -0.39 is 23.2 Å². The summed E-state index contributed by atoms with van der Waals surface area (Å²) >= 11 is 8.75. The third-order valence-electron chi connectivity index (χ3n) is 2.67. The van der Waals surface area contributed by atoms with Crippen molar-refractivity contribution < 1.29 is 23.4 Å². The van der Waals surface area contributed by atoms with E-state index in [0.29, 0.717) is 4.47 Å². The number of benzene rings is 2. The summed E-state index contributed by atoms with van der Waals surface area (Å²) in [6, 6.07) is 6.32. The molecule has 0 aromatic heterocycles. The molecule has 2 aromatic carbocycles. The van der Waals surface area contributed by atoms with Crippen LogP contribution in [0.1, 0.15) is 15.9 Å². The summed E-state index contributed by atoms with van der Waals surface area (Å²) in [4.78, 5) is 10.8. The van der Waals surface area contributed by atoms with Gasteiger partial charge in [-0.15, -0.1) is 0 Å². The lowest BCUT2D eigenvalue weighted by molar-refractivity contribution is 0.0691. The van der Waals surface area contributed by atoms with Crippen molar-refractivity contribution in [3.63, 3.8) is 0 Å². The van der Waals surface area contributed by atoms with Crippen LogP contribution in [-0.4, -0.2) is 11.1 Å². The highest BCUT2D eigenvalue weighted by Gasteiger charge is 2.15. The summed E-state index contributed by atoms with van der Waals surface area (Å²) in [5.74, 6) is -2.78. The molecule has 21 heavy (non-hydrogen) atoms. The van der Waals surface area contributed by atoms with Gasteiger partial charge in [0.05, 0.1) is 15.1 Å². The van der Waals surface area contributed by atoms with Gasteiger partial charge in [0.25, 0.3) is 0 Å². The van der Waals surface area contributed by atoms with Crippen LogP contribution in [0.2, 0.25) is 5.02 Å². The molecule has 2 aromatic rings. The molecule has 0 aliphatic carbocycles. The van der Waals surface area contributed by atoms with E-state index >= 15 is 0 Å². The zero-order valence-corrected chi connectivity index (χ0v) is 12.7. The van der Waals surface area contributed by atoms with Gasteiger partial charge in [-0.25, -0.2) is 13.6 Å². The highest BCUT2D eigenvalue weighted by Crippen LogP contribution is 2.31. The molecule has 7 heteroatoms. The van der Waals surface area contributed by atoms with Crippen LogP contribution in [0.15, 0.2) is 34.8 Å². The Hall–Kier alpha value is -1.66. The van der Waals surface area contributed by atoms with Gasteiger partial charge >= 0.3 is 5.97 Å². The number of carboxylic acid groups (broad SMARTS) is 1. The Bertz CT molecular complexity index is 707. The monoisotopic (exact) mass is 376 g/mol. The quantitative estimate of drug-likeness (QED) is 0.789. The fourth-order valence-electron chi connectivity index (χ4n) is 1.63. The molecule has 2 rings (SSSR count). The zero-order valence-electron chi connectivity index (χ0n) is 10.4. The van der Waals surface area contributed by atoms with Crippen molar-refractivity contribution in [2.75, 3.05) is 0 Å². The second-order valence-corrected chi connectivity index (χ2v) is 5.33. The Kier molecular flexibility index (Phi) is 4.80. The maximum Gasteiger partial charge on any atom is 0.338 e. The number of ether oxygens (including phenoxy) is 1. The van der Waals surface area contributed by atoms with Gasteiger partial charge in [0.1, 0.15) is 24.0 Å². The second-order valence-electron chi connectivity index (χ2n) is 4.07. The zero-order chi connectivity index (χ0) is 15.6. The van der Waals surface area contributed by atoms with E-state index in [1.54, 1.807) is 0 Å². The molecule has 0 saturated carbocycles. The van der Waals surface area contributed by atoms with Crippen LogP contribution in [-0.2, 0) is 6.61 Å². The minimum atomic E-state index is -1.37. The number of carbonyl (C=O) groups is 1. The van der Waals surface area contributed by atoms with E-state index in [4.69, 9.17) is 21.4 Å². The van der Waals surface area contributed by atoms with Crippen molar-refractivity contribution in [1.82, 2.24) is 0 Å². The minimum Gasteiger partial charge on any atom is -0.488 e. The smallest absolute Gasteiger partial charge is 0.338 e. The maximum absolute atomic E-state index is 13.9. The fraction of sp³-hybridized carbons (Fsp3) is 0.0714. The standard InChI is InChI=1S/C14H8BrClF2O3/c15-9-4-10(16)11(17)5-12(9)21-6-7-2-1-3-8(13(7)18)14(19)20/h1-5H,6H2,(H,19,20). The van der Waals surface area contributed by atoms with Crippen LogP contribution >= 0.6 is 27.5 Å². The van der Waals surface area contributed by atoms with E-state index in [0.717, 1.165) is 12.1 Å². The number of halogens is 4. The largest absolute Gasteiger partial charge is 0.488 e. The number of hydrogen-bond acceptors (Lipinski definition) is 2. The molecule has 1 N–H and O–H groups in total. The molecule has 0 fully saturated rings. The van der Waals surface area contributed by atoms with Gasteiger partial charge in [0.15, 0.2) is 0 Å². The molecule has 0 heterocycles. The fourth-order valence-corrected chi connectivity index (χ4v) is 2.38. The maximum atomic E-state index is 13.9. The molecule has 3 nitrogen and oxygen atoms in total. The van der Waals surface area contributed by atoms with Gasteiger partial charge < -0.3 is 9.84 Å². The van der Waals surface area contributed by atoms with Crippen LogP contribution in [0.4, 0.5) is 8.78 Å². The summed E-state index contributed by atoms with van der Waals surface area (Å²) in [7, 11) is 0. The first-order valence-corrected chi connectivity index (χ1v) is 6.85. The molecule has 0 bridgehead atoms. The van der Waals surface area contributed by atoms with E-state index in [2.05, 4.69) is 15.9 Å². The van der Waals surface area contributed by atoms with Crippen molar-refractivity contribution in [3.05, 3.63) is 62.6 Å². The first kappa shape index (κ1) is 15.7. The molecule has 0 spiro atoms. The second kappa shape index (κ2) is 6.41. The van der Waals surface area contributed by atoms with Crippen molar-refractivity contribution in [2.45, 2.75) is 6.61 Å². The van der Waals surface area contributed by atoms with Crippen LogP contribution in [0, 0.1) is 11.6 Å². The third-order valence-corrected chi connectivity index (χ3v) is 3.58. The Morgan fingerprint density at radius 3 is 2.71 bits per heavy atom. The van der Waals surface area contributed by atoms with E-state index in [1.165, 1.54) is 18.2 Å². The van der Waals surface area contributed by atoms with Crippen molar-refractivity contribution in [3.8, 4) is 5.75 Å². The minimum absolute atomic E-state index is 0.0529. The average Bonchev–Trinajstić information content (AvgIpc) is 2.42. The first-order valence-electron chi connectivity index (χ1n) is 5.68. The summed E-state index contributed by atoms with van der Waals surface area (Å²) in [6.07, 6.45) is 0. The molecule has 0 amide bonds. The third kappa shape index (κ3) is 3.51. The molecule has 0 unspecified atom stereocenters. The van der Waals surface area contributed by atoms with Gasteiger partial charge in [-0.05, 0) is 28.1 Å². The van der Waals surface area contributed by atoms with Crippen LogP contribution < -0.4 is 4.74 Å². The van der Waals surface area contributed by atoms with Gasteiger partial charge in [-0.2, -0.15) is 0 Å². The number of hydrogen-bond donors (Lipinski definition) is 1. The SMILES string of the molecule is O=C(O)c1cccc(COc2cc(F)c(Cl)cc2Br)c1F. The Morgan fingerprint density at radius 2 is 2.05 bits per heavy atom. The van der Waals surface area contributed by atoms with E-state index in [-0.39, 0.29) is 22.9 Å². The van der Waals surface area contributed by atoms with Crippen LogP contribution in [0.5, 0.6) is 5.75 Å². The summed E-state index contributed by atoms with van der Waals surface area (Å²) in [5.41, 5.74) is -0.394. The van der Waals surface area contributed by atoms with E-state index in [1.807, 2.05) is 0 Å². The topological polar surface area (TPSA) is 46.5 Å². The molecule has 0 atom stereocenters. The number of carboxylic acids is 1. The van der Waals surface area contributed by atoms with Crippen LogP contribution in [0.3, 0.4) is 0 Å². The summed E-state index contributed by atoms with van der Waals surface area (Å²) in [6.45, 7) is -0.243. The molecule has 110 valence electrons. The summed E-state index contributed by atoms with van der Waals surface area (Å²) < 4.78 is 33.0. The highest BCUT2D eigenvalue weighted by molar-refractivity contribution is 9.10.